The summed E-state index contributed by atoms with van der Waals surface area (Å²) in [6, 6.07) is 8.48. The molecule has 15 heavy (non-hydrogen) atoms. The molecule has 0 saturated carbocycles. The van der Waals surface area contributed by atoms with E-state index in [-0.39, 0.29) is 0 Å². The van der Waals surface area contributed by atoms with E-state index in [0.717, 1.165) is 25.3 Å². The highest BCUT2D eigenvalue weighted by Crippen LogP contribution is 2.23. The molecule has 82 valence electrons. The Labute approximate surface area is 90.8 Å². The molecule has 0 aliphatic carbocycles. The van der Waals surface area contributed by atoms with Crippen LogP contribution in [0.4, 0.5) is 5.69 Å². The number of hydrogen-bond donors (Lipinski definition) is 1. The molecule has 1 heterocycles. The van der Waals surface area contributed by atoms with Crippen molar-refractivity contribution in [3.05, 3.63) is 24.3 Å². The van der Waals surface area contributed by atoms with Gasteiger partial charge in [0.15, 0.2) is 0 Å². The maximum absolute atomic E-state index is 5.96. The van der Waals surface area contributed by atoms with E-state index in [9.17, 15) is 0 Å². The van der Waals surface area contributed by atoms with Crippen molar-refractivity contribution >= 4 is 5.69 Å². The van der Waals surface area contributed by atoms with Gasteiger partial charge in [0.1, 0.15) is 5.75 Å². The van der Waals surface area contributed by atoms with Gasteiger partial charge in [-0.3, -0.25) is 0 Å². The van der Waals surface area contributed by atoms with Crippen LogP contribution in [0.2, 0.25) is 0 Å². The number of benzene rings is 1. The first-order valence-corrected chi connectivity index (χ1v) is 5.44. The van der Waals surface area contributed by atoms with Gasteiger partial charge >= 0.3 is 0 Å². The highest BCUT2D eigenvalue weighted by Gasteiger charge is 2.16. The largest absolute Gasteiger partial charge is 0.497 e. The molecule has 1 atom stereocenters. The van der Waals surface area contributed by atoms with Crippen molar-refractivity contribution in [2.75, 3.05) is 25.1 Å². The highest BCUT2D eigenvalue weighted by atomic mass is 16.5. The molecule has 1 aliphatic rings. The second kappa shape index (κ2) is 4.53. The zero-order valence-corrected chi connectivity index (χ0v) is 9.15. The number of nitrogens with two attached hydrogens (primary N) is 1. The molecule has 2 N–H and O–H groups in total. The Morgan fingerprint density at radius 3 is 3.07 bits per heavy atom. The summed E-state index contributed by atoms with van der Waals surface area (Å²) < 4.78 is 5.21. The standard InChI is InChI=1S/C12H18N2O/c1-15-12-6-2-5-11(8-12)14-7-3-4-10(13)9-14/h2,5-6,8,10H,3-4,7,9,13H2,1H3/t10-/m0/s1. The summed E-state index contributed by atoms with van der Waals surface area (Å²) in [7, 11) is 1.70. The van der Waals surface area contributed by atoms with E-state index in [2.05, 4.69) is 17.0 Å². The average Bonchev–Trinajstić information content (AvgIpc) is 2.29. The van der Waals surface area contributed by atoms with E-state index in [0.29, 0.717) is 6.04 Å². The van der Waals surface area contributed by atoms with E-state index in [1.54, 1.807) is 7.11 Å². The van der Waals surface area contributed by atoms with Crippen molar-refractivity contribution in [2.45, 2.75) is 18.9 Å². The maximum Gasteiger partial charge on any atom is 0.120 e. The maximum atomic E-state index is 5.96. The quantitative estimate of drug-likeness (QED) is 0.799. The first-order chi connectivity index (χ1) is 7.29. The molecule has 1 saturated heterocycles. The van der Waals surface area contributed by atoms with E-state index in [1.165, 1.54) is 12.1 Å². The third-order valence-corrected chi connectivity index (χ3v) is 2.88. The fourth-order valence-electron chi connectivity index (χ4n) is 2.05. The molecule has 0 unspecified atom stereocenters. The summed E-state index contributed by atoms with van der Waals surface area (Å²) >= 11 is 0. The van der Waals surface area contributed by atoms with Crippen LogP contribution in [0.1, 0.15) is 12.8 Å². The molecule has 1 aromatic rings. The molecule has 1 aromatic carbocycles. The SMILES string of the molecule is COc1cccc(N2CCC[C@H](N)C2)c1. The van der Waals surface area contributed by atoms with Crippen molar-refractivity contribution in [3.63, 3.8) is 0 Å². The number of nitrogens with zero attached hydrogens (tertiary/aromatic N) is 1. The molecule has 0 bridgehead atoms. The number of hydrogen-bond acceptors (Lipinski definition) is 3. The molecule has 3 nitrogen and oxygen atoms in total. The Bertz CT molecular complexity index is 327. The van der Waals surface area contributed by atoms with E-state index < -0.39 is 0 Å². The number of piperidine rings is 1. The van der Waals surface area contributed by atoms with Crippen molar-refractivity contribution < 1.29 is 4.74 Å². The molecule has 0 radical (unpaired) electrons. The van der Waals surface area contributed by atoms with Gasteiger partial charge in [-0.05, 0) is 25.0 Å². The summed E-state index contributed by atoms with van der Waals surface area (Å²) in [5.74, 6) is 0.909. The van der Waals surface area contributed by atoms with Crippen LogP contribution >= 0.6 is 0 Å². The van der Waals surface area contributed by atoms with Gasteiger partial charge in [-0.15, -0.1) is 0 Å². The third kappa shape index (κ3) is 2.42. The van der Waals surface area contributed by atoms with E-state index in [4.69, 9.17) is 10.5 Å². The first kappa shape index (κ1) is 10.3. The van der Waals surface area contributed by atoms with Gasteiger partial charge in [-0.1, -0.05) is 6.07 Å². The molecule has 3 heteroatoms. The van der Waals surface area contributed by atoms with Crippen LogP contribution in [0.25, 0.3) is 0 Å². The predicted octanol–water partition coefficient (Wildman–Crippen LogP) is 1.62. The molecule has 0 spiro atoms. The number of anilines is 1. The van der Waals surface area contributed by atoms with Crippen molar-refractivity contribution in [1.29, 1.82) is 0 Å². The second-order valence-electron chi connectivity index (χ2n) is 4.05. The lowest BCUT2D eigenvalue weighted by atomic mass is 10.1. The fourth-order valence-corrected chi connectivity index (χ4v) is 2.05. The zero-order chi connectivity index (χ0) is 10.7. The summed E-state index contributed by atoms with van der Waals surface area (Å²) in [4.78, 5) is 2.33. The fraction of sp³-hybridized carbons (Fsp3) is 0.500. The van der Waals surface area contributed by atoms with Crippen LogP contribution in [-0.4, -0.2) is 26.2 Å². The van der Waals surface area contributed by atoms with Crippen LogP contribution in [-0.2, 0) is 0 Å². The molecular formula is C12H18N2O. The topological polar surface area (TPSA) is 38.5 Å². The van der Waals surface area contributed by atoms with Crippen molar-refractivity contribution in [1.82, 2.24) is 0 Å². The lowest BCUT2D eigenvalue weighted by molar-refractivity contribution is 0.414. The van der Waals surface area contributed by atoms with Gasteiger partial charge in [0.2, 0.25) is 0 Å². The Hall–Kier alpha value is -1.22. The molecular weight excluding hydrogens is 188 g/mol. The monoisotopic (exact) mass is 206 g/mol. The average molecular weight is 206 g/mol. The van der Waals surface area contributed by atoms with Crippen LogP contribution in [0.5, 0.6) is 5.75 Å². The normalized spacial score (nSPS) is 21.5. The predicted molar refractivity (Wildman–Crippen MR) is 62.4 cm³/mol. The Morgan fingerprint density at radius 1 is 1.47 bits per heavy atom. The molecule has 0 aromatic heterocycles. The number of rotatable bonds is 2. The van der Waals surface area contributed by atoms with Gasteiger partial charge < -0.3 is 15.4 Å². The highest BCUT2D eigenvalue weighted by molar-refractivity contribution is 5.51. The van der Waals surface area contributed by atoms with Gasteiger partial charge in [-0.25, -0.2) is 0 Å². The minimum absolute atomic E-state index is 0.310. The van der Waals surface area contributed by atoms with E-state index in [1.807, 2.05) is 12.1 Å². The van der Waals surface area contributed by atoms with Gasteiger partial charge in [0.25, 0.3) is 0 Å². The number of ether oxygens (including phenoxy) is 1. The smallest absolute Gasteiger partial charge is 0.120 e. The Morgan fingerprint density at radius 2 is 2.33 bits per heavy atom. The van der Waals surface area contributed by atoms with Gasteiger partial charge in [0.05, 0.1) is 7.11 Å². The van der Waals surface area contributed by atoms with E-state index >= 15 is 0 Å². The molecule has 1 aliphatic heterocycles. The minimum atomic E-state index is 0.310. The Kier molecular flexibility index (Phi) is 3.11. The van der Waals surface area contributed by atoms with Gasteiger partial charge in [0, 0.05) is 30.9 Å². The van der Waals surface area contributed by atoms with Crippen molar-refractivity contribution in [2.24, 2.45) is 5.73 Å². The van der Waals surface area contributed by atoms with Crippen LogP contribution in [0.3, 0.4) is 0 Å². The van der Waals surface area contributed by atoms with Crippen molar-refractivity contribution in [3.8, 4) is 5.75 Å². The third-order valence-electron chi connectivity index (χ3n) is 2.88. The van der Waals surface area contributed by atoms with Gasteiger partial charge in [-0.2, -0.15) is 0 Å². The second-order valence-corrected chi connectivity index (χ2v) is 4.05. The lowest BCUT2D eigenvalue weighted by Crippen LogP contribution is -2.42. The van der Waals surface area contributed by atoms with Crippen LogP contribution in [0, 0.1) is 0 Å². The minimum Gasteiger partial charge on any atom is -0.497 e. The van der Waals surface area contributed by atoms with Crippen LogP contribution in [0.15, 0.2) is 24.3 Å². The zero-order valence-electron chi connectivity index (χ0n) is 9.15. The lowest BCUT2D eigenvalue weighted by Gasteiger charge is -2.32. The summed E-state index contributed by atoms with van der Waals surface area (Å²) in [6.07, 6.45) is 2.32. The molecule has 1 fully saturated rings. The molecule has 0 amide bonds. The Balaban J connectivity index is 2.13. The molecule has 2 rings (SSSR count). The first-order valence-electron chi connectivity index (χ1n) is 5.44. The summed E-state index contributed by atoms with van der Waals surface area (Å²) in [5, 5.41) is 0. The van der Waals surface area contributed by atoms with Crippen LogP contribution < -0.4 is 15.4 Å². The summed E-state index contributed by atoms with van der Waals surface area (Å²) in [6.45, 7) is 2.05. The number of methoxy groups -OCH3 is 1. The summed E-state index contributed by atoms with van der Waals surface area (Å²) in [5.41, 5.74) is 7.17.